The second-order valence-electron chi connectivity index (χ2n) is 5.19. The fraction of sp³-hybridized carbons (Fsp3) is 1.00. The Morgan fingerprint density at radius 1 is 1.47 bits per heavy atom. The summed E-state index contributed by atoms with van der Waals surface area (Å²) in [5.74, 6) is 0. The van der Waals surface area contributed by atoms with Gasteiger partial charge < -0.3 is 14.8 Å². The van der Waals surface area contributed by atoms with Gasteiger partial charge in [-0.1, -0.05) is 6.92 Å². The lowest BCUT2D eigenvalue weighted by Crippen LogP contribution is -2.52. The largest absolute Gasteiger partial charge is 0.383 e. The molecule has 0 aromatic rings. The van der Waals surface area contributed by atoms with Gasteiger partial charge in [0.05, 0.1) is 19.3 Å². The predicted molar refractivity (Wildman–Crippen MR) is 68.3 cm³/mol. The standard InChI is InChI=1S/C13H26N2O2/c1-3-13-9-15(6-7-17-13)12(10-16-2)8-14-11-4-5-11/h11-14H,3-10H2,1-2H3. The zero-order chi connectivity index (χ0) is 12.1. The highest BCUT2D eigenvalue weighted by molar-refractivity contribution is 4.85. The van der Waals surface area contributed by atoms with Gasteiger partial charge >= 0.3 is 0 Å². The van der Waals surface area contributed by atoms with Gasteiger partial charge in [0, 0.05) is 38.8 Å². The normalized spacial score (nSPS) is 28.2. The van der Waals surface area contributed by atoms with Crippen molar-refractivity contribution < 1.29 is 9.47 Å². The van der Waals surface area contributed by atoms with Gasteiger partial charge in [0.15, 0.2) is 0 Å². The first-order valence-electron chi connectivity index (χ1n) is 6.91. The average Bonchev–Trinajstić information content (AvgIpc) is 3.18. The Morgan fingerprint density at radius 2 is 2.29 bits per heavy atom. The van der Waals surface area contributed by atoms with Crippen LogP contribution < -0.4 is 5.32 Å². The van der Waals surface area contributed by atoms with Gasteiger partial charge in [0.2, 0.25) is 0 Å². The van der Waals surface area contributed by atoms with Crippen molar-refractivity contribution in [2.45, 2.75) is 44.4 Å². The van der Waals surface area contributed by atoms with Crippen molar-refractivity contribution in [2.75, 3.05) is 40.0 Å². The fourth-order valence-corrected chi connectivity index (χ4v) is 2.40. The Morgan fingerprint density at radius 3 is 2.94 bits per heavy atom. The summed E-state index contributed by atoms with van der Waals surface area (Å²) in [5.41, 5.74) is 0. The highest BCUT2D eigenvalue weighted by atomic mass is 16.5. The molecule has 1 aliphatic carbocycles. The highest BCUT2D eigenvalue weighted by Crippen LogP contribution is 2.19. The molecule has 1 saturated heterocycles. The van der Waals surface area contributed by atoms with Crippen molar-refractivity contribution in [1.82, 2.24) is 10.2 Å². The van der Waals surface area contributed by atoms with E-state index in [1.165, 1.54) is 12.8 Å². The monoisotopic (exact) mass is 242 g/mol. The molecule has 2 aliphatic rings. The maximum atomic E-state index is 5.72. The van der Waals surface area contributed by atoms with Crippen LogP contribution in [0, 0.1) is 0 Å². The van der Waals surface area contributed by atoms with E-state index >= 15 is 0 Å². The zero-order valence-corrected chi connectivity index (χ0v) is 11.2. The van der Waals surface area contributed by atoms with Crippen molar-refractivity contribution >= 4 is 0 Å². The van der Waals surface area contributed by atoms with Crippen molar-refractivity contribution in [1.29, 1.82) is 0 Å². The summed E-state index contributed by atoms with van der Waals surface area (Å²) in [7, 11) is 1.79. The number of rotatable bonds is 7. The molecule has 0 aromatic heterocycles. The molecule has 1 N–H and O–H groups in total. The van der Waals surface area contributed by atoms with Crippen molar-refractivity contribution in [2.24, 2.45) is 0 Å². The predicted octanol–water partition coefficient (Wildman–Crippen LogP) is 0.864. The van der Waals surface area contributed by atoms with Gasteiger partial charge in [0.25, 0.3) is 0 Å². The van der Waals surface area contributed by atoms with E-state index in [1.807, 2.05) is 0 Å². The molecule has 0 amide bonds. The third-order valence-corrected chi connectivity index (χ3v) is 3.72. The Kier molecular flexibility index (Phi) is 5.22. The fourth-order valence-electron chi connectivity index (χ4n) is 2.40. The van der Waals surface area contributed by atoms with E-state index in [-0.39, 0.29) is 0 Å². The number of methoxy groups -OCH3 is 1. The van der Waals surface area contributed by atoms with E-state index in [2.05, 4.69) is 17.1 Å². The summed E-state index contributed by atoms with van der Waals surface area (Å²) in [6, 6.07) is 1.27. The molecular weight excluding hydrogens is 216 g/mol. The number of ether oxygens (including phenoxy) is 2. The number of nitrogens with zero attached hydrogens (tertiary/aromatic N) is 1. The smallest absolute Gasteiger partial charge is 0.0700 e. The van der Waals surface area contributed by atoms with Gasteiger partial charge in [-0.2, -0.15) is 0 Å². The van der Waals surface area contributed by atoms with Crippen LogP contribution in [0.15, 0.2) is 0 Å². The Labute approximate surface area is 105 Å². The highest BCUT2D eigenvalue weighted by Gasteiger charge is 2.27. The summed E-state index contributed by atoms with van der Waals surface area (Å²) in [6.07, 6.45) is 4.21. The van der Waals surface area contributed by atoms with Crippen LogP contribution >= 0.6 is 0 Å². The van der Waals surface area contributed by atoms with E-state index < -0.39 is 0 Å². The van der Waals surface area contributed by atoms with Crippen LogP contribution in [0.2, 0.25) is 0 Å². The molecular formula is C13H26N2O2. The van der Waals surface area contributed by atoms with Gasteiger partial charge in [-0.25, -0.2) is 0 Å². The summed E-state index contributed by atoms with van der Waals surface area (Å²) in [5, 5.41) is 3.61. The topological polar surface area (TPSA) is 33.7 Å². The Bertz CT molecular complexity index is 221. The zero-order valence-electron chi connectivity index (χ0n) is 11.2. The Hall–Kier alpha value is -0.160. The molecule has 17 heavy (non-hydrogen) atoms. The van der Waals surface area contributed by atoms with Gasteiger partial charge in [-0.05, 0) is 19.3 Å². The minimum Gasteiger partial charge on any atom is -0.383 e. The minimum atomic E-state index is 0.407. The van der Waals surface area contributed by atoms with Crippen LogP contribution in [-0.2, 0) is 9.47 Å². The van der Waals surface area contributed by atoms with Crippen LogP contribution in [-0.4, -0.2) is 63.0 Å². The van der Waals surface area contributed by atoms with Crippen LogP contribution in [0.3, 0.4) is 0 Å². The first kappa shape index (κ1) is 13.3. The minimum absolute atomic E-state index is 0.407. The lowest BCUT2D eigenvalue weighted by Gasteiger charge is -2.38. The Balaban J connectivity index is 1.79. The lowest BCUT2D eigenvalue weighted by molar-refractivity contribution is -0.0541. The quantitative estimate of drug-likeness (QED) is 0.718. The van der Waals surface area contributed by atoms with E-state index in [4.69, 9.17) is 9.47 Å². The SMILES string of the molecule is CCC1CN(C(CNC2CC2)COC)CCO1. The molecule has 0 radical (unpaired) electrons. The van der Waals surface area contributed by atoms with Gasteiger partial charge in [-0.3, -0.25) is 4.90 Å². The van der Waals surface area contributed by atoms with Gasteiger partial charge in [0.1, 0.15) is 0 Å². The molecule has 1 saturated carbocycles. The molecule has 100 valence electrons. The van der Waals surface area contributed by atoms with Crippen LogP contribution in [0.1, 0.15) is 26.2 Å². The molecule has 2 rings (SSSR count). The second kappa shape index (κ2) is 6.69. The van der Waals surface area contributed by atoms with E-state index in [9.17, 15) is 0 Å². The van der Waals surface area contributed by atoms with Crippen LogP contribution in [0.4, 0.5) is 0 Å². The van der Waals surface area contributed by atoms with E-state index in [0.717, 1.165) is 45.3 Å². The maximum absolute atomic E-state index is 5.72. The van der Waals surface area contributed by atoms with Crippen molar-refractivity contribution in [3.8, 4) is 0 Å². The number of morpholine rings is 1. The van der Waals surface area contributed by atoms with Gasteiger partial charge in [-0.15, -0.1) is 0 Å². The first-order valence-corrected chi connectivity index (χ1v) is 6.91. The molecule has 2 unspecified atom stereocenters. The summed E-state index contributed by atoms with van der Waals surface area (Å²) >= 11 is 0. The molecule has 2 atom stereocenters. The molecule has 1 heterocycles. The molecule has 4 heteroatoms. The first-order chi connectivity index (χ1) is 8.33. The van der Waals surface area contributed by atoms with Crippen molar-refractivity contribution in [3.63, 3.8) is 0 Å². The molecule has 2 fully saturated rings. The van der Waals surface area contributed by atoms with Crippen LogP contribution in [0.25, 0.3) is 0 Å². The summed E-state index contributed by atoms with van der Waals surface area (Å²) in [6.45, 7) is 7.02. The third kappa shape index (κ3) is 4.21. The molecule has 4 nitrogen and oxygen atoms in total. The molecule has 0 aromatic carbocycles. The van der Waals surface area contributed by atoms with E-state index in [0.29, 0.717) is 12.1 Å². The molecule has 0 bridgehead atoms. The number of nitrogens with one attached hydrogen (secondary N) is 1. The molecule has 0 spiro atoms. The van der Waals surface area contributed by atoms with Crippen LogP contribution in [0.5, 0.6) is 0 Å². The average molecular weight is 242 g/mol. The van der Waals surface area contributed by atoms with E-state index in [1.54, 1.807) is 7.11 Å². The summed E-state index contributed by atoms with van der Waals surface area (Å²) < 4.78 is 11.1. The second-order valence-corrected chi connectivity index (χ2v) is 5.19. The molecule has 1 aliphatic heterocycles. The van der Waals surface area contributed by atoms with Crippen molar-refractivity contribution in [3.05, 3.63) is 0 Å². The summed E-state index contributed by atoms with van der Waals surface area (Å²) in [4.78, 5) is 2.52. The number of hydrogen-bond acceptors (Lipinski definition) is 4. The lowest BCUT2D eigenvalue weighted by atomic mass is 10.1. The maximum Gasteiger partial charge on any atom is 0.0700 e. The third-order valence-electron chi connectivity index (χ3n) is 3.72. The number of hydrogen-bond donors (Lipinski definition) is 1.